The number of nitrogens with one attached hydrogen (secondary N) is 2. The molecule has 8 heteroatoms. The lowest BCUT2D eigenvalue weighted by atomic mass is 10.1. The Balaban J connectivity index is 1.65. The van der Waals surface area contributed by atoms with Gasteiger partial charge in [0.15, 0.2) is 0 Å². The van der Waals surface area contributed by atoms with E-state index < -0.39 is 30.5 Å². The highest BCUT2D eigenvalue weighted by atomic mass is 19.4. The zero-order valence-electron chi connectivity index (χ0n) is 12.0. The van der Waals surface area contributed by atoms with Gasteiger partial charge >= 0.3 is 6.18 Å². The standard InChI is InChI=1S/C15H14F3N3O2/c16-15(17,18)8-21-7-10(6-13(21)22)14(23)20-11-1-2-12-9(5-11)3-4-19-12/h1-5,10,19H,6-8H2,(H,20,23). The SMILES string of the molecule is O=C(Nc1ccc2[nH]ccc2c1)C1CC(=O)N(CC(F)(F)F)C1. The van der Waals surface area contributed by atoms with Crippen molar-refractivity contribution in [2.24, 2.45) is 5.92 Å². The van der Waals surface area contributed by atoms with Crippen molar-refractivity contribution in [3.05, 3.63) is 30.5 Å². The molecule has 1 aliphatic heterocycles. The van der Waals surface area contributed by atoms with Crippen LogP contribution in [0.5, 0.6) is 0 Å². The van der Waals surface area contributed by atoms with Gasteiger partial charge in [-0.25, -0.2) is 0 Å². The minimum atomic E-state index is -4.46. The molecule has 3 rings (SSSR count). The molecule has 122 valence electrons. The molecular weight excluding hydrogens is 311 g/mol. The van der Waals surface area contributed by atoms with Crippen LogP contribution in [0.15, 0.2) is 30.5 Å². The van der Waals surface area contributed by atoms with Gasteiger partial charge in [-0.15, -0.1) is 0 Å². The van der Waals surface area contributed by atoms with Crippen LogP contribution in [0, 0.1) is 5.92 Å². The lowest BCUT2D eigenvalue weighted by Crippen LogP contribution is -2.36. The Labute approximate surface area is 129 Å². The molecule has 0 spiro atoms. The topological polar surface area (TPSA) is 65.2 Å². The quantitative estimate of drug-likeness (QED) is 0.911. The van der Waals surface area contributed by atoms with Crippen molar-refractivity contribution in [1.82, 2.24) is 9.88 Å². The molecule has 1 unspecified atom stereocenters. The normalized spacial score (nSPS) is 18.7. The van der Waals surface area contributed by atoms with Gasteiger partial charge in [0, 0.05) is 35.8 Å². The lowest BCUT2D eigenvalue weighted by Gasteiger charge is -2.18. The van der Waals surface area contributed by atoms with Gasteiger partial charge < -0.3 is 15.2 Å². The zero-order chi connectivity index (χ0) is 16.6. The Bertz CT molecular complexity index is 754. The molecular formula is C15H14F3N3O2. The molecule has 5 nitrogen and oxygen atoms in total. The van der Waals surface area contributed by atoms with Crippen molar-refractivity contribution in [3.63, 3.8) is 0 Å². The molecule has 23 heavy (non-hydrogen) atoms. The number of alkyl halides is 3. The van der Waals surface area contributed by atoms with E-state index in [1.165, 1.54) is 0 Å². The van der Waals surface area contributed by atoms with E-state index in [0.29, 0.717) is 10.6 Å². The van der Waals surface area contributed by atoms with Gasteiger partial charge in [0.2, 0.25) is 11.8 Å². The highest BCUT2D eigenvalue weighted by molar-refractivity contribution is 5.98. The Morgan fingerprint density at radius 2 is 2.13 bits per heavy atom. The van der Waals surface area contributed by atoms with E-state index in [0.717, 1.165) is 10.9 Å². The van der Waals surface area contributed by atoms with Crippen molar-refractivity contribution in [2.45, 2.75) is 12.6 Å². The van der Waals surface area contributed by atoms with Gasteiger partial charge in [-0.2, -0.15) is 13.2 Å². The molecule has 1 atom stereocenters. The highest BCUT2D eigenvalue weighted by Gasteiger charge is 2.40. The average molecular weight is 325 g/mol. The lowest BCUT2D eigenvalue weighted by molar-refractivity contribution is -0.157. The molecule has 0 radical (unpaired) electrons. The van der Waals surface area contributed by atoms with Crippen molar-refractivity contribution in [1.29, 1.82) is 0 Å². The largest absolute Gasteiger partial charge is 0.406 e. The molecule has 0 aliphatic carbocycles. The second kappa shape index (κ2) is 5.60. The summed E-state index contributed by atoms with van der Waals surface area (Å²) in [4.78, 5) is 27.5. The molecule has 0 bridgehead atoms. The number of carbonyl (C=O) groups excluding carboxylic acids is 2. The Hall–Kier alpha value is -2.51. The predicted octanol–water partition coefficient (Wildman–Crippen LogP) is 2.52. The van der Waals surface area contributed by atoms with Crippen LogP contribution in [-0.2, 0) is 9.59 Å². The average Bonchev–Trinajstić information content (AvgIpc) is 3.04. The van der Waals surface area contributed by atoms with E-state index in [4.69, 9.17) is 0 Å². The van der Waals surface area contributed by atoms with Crippen molar-refractivity contribution in [3.8, 4) is 0 Å². The zero-order valence-corrected chi connectivity index (χ0v) is 12.0. The summed E-state index contributed by atoms with van der Waals surface area (Å²) >= 11 is 0. The molecule has 1 saturated heterocycles. The summed E-state index contributed by atoms with van der Waals surface area (Å²) in [6.07, 6.45) is -2.89. The number of nitrogens with zero attached hydrogens (tertiary/aromatic N) is 1. The van der Waals surface area contributed by atoms with Crippen LogP contribution in [0.4, 0.5) is 18.9 Å². The number of hydrogen-bond donors (Lipinski definition) is 2. The number of anilines is 1. The number of rotatable bonds is 3. The number of hydrogen-bond acceptors (Lipinski definition) is 2. The molecule has 2 amide bonds. The van der Waals surface area contributed by atoms with E-state index in [1.807, 2.05) is 6.07 Å². The molecule has 0 saturated carbocycles. The third-order valence-electron chi connectivity index (χ3n) is 3.78. The molecule has 2 heterocycles. The number of benzene rings is 1. The fourth-order valence-electron chi connectivity index (χ4n) is 2.69. The van der Waals surface area contributed by atoms with Crippen molar-refractivity contribution < 1.29 is 22.8 Å². The van der Waals surface area contributed by atoms with E-state index in [2.05, 4.69) is 10.3 Å². The summed E-state index contributed by atoms with van der Waals surface area (Å²) in [5.74, 6) is -1.87. The van der Waals surface area contributed by atoms with Gasteiger partial charge in [-0.05, 0) is 24.3 Å². The summed E-state index contributed by atoms with van der Waals surface area (Å²) in [6.45, 7) is -1.53. The smallest absolute Gasteiger partial charge is 0.361 e. The van der Waals surface area contributed by atoms with Crippen LogP contribution in [-0.4, -0.2) is 41.0 Å². The van der Waals surface area contributed by atoms with E-state index in [-0.39, 0.29) is 13.0 Å². The van der Waals surface area contributed by atoms with Gasteiger partial charge in [0.25, 0.3) is 0 Å². The number of aromatic amines is 1. The minimum absolute atomic E-state index is 0.200. The van der Waals surface area contributed by atoms with Crippen LogP contribution in [0.2, 0.25) is 0 Å². The molecule has 2 N–H and O–H groups in total. The minimum Gasteiger partial charge on any atom is -0.361 e. The van der Waals surface area contributed by atoms with Crippen molar-refractivity contribution >= 4 is 28.4 Å². The maximum Gasteiger partial charge on any atom is 0.406 e. The number of amides is 2. The third kappa shape index (κ3) is 3.46. The van der Waals surface area contributed by atoms with Crippen LogP contribution in [0.3, 0.4) is 0 Å². The monoisotopic (exact) mass is 325 g/mol. The first-order valence-corrected chi connectivity index (χ1v) is 7.04. The first-order chi connectivity index (χ1) is 10.8. The molecule has 1 aromatic carbocycles. The second-order valence-electron chi connectivity index (χ2n) is 5.56. The number of halogens is 3. The van der Waals surface area contributed by atoms with Crippen LogP contribution >= 0.6 is 0 Å². The number of aromatic nitrogens is 1. The second-order valence-corrected chi connectivity index (χ2v) is 5.56. The number of carbonyl (C=O) groups is 2. The Morgan fingerprint density at radius 1 is 1.35 bits per heavy atom. The van der Waals surface area contributed by atoms with E-state index >= 15 is 0 Å². The van der Waals surface area contributed by atoms with Gasteiger partial charge in [0.1, 0.15) is 6.54 Å². The van der Waals surface area contributed by atoms with E-state index in [9.17, 15) is 22.8 Å². The first-order valence-electron chi connectivity index (χ1n) is 7.04. The Morgan fingerprint density at radius 3 is 2.87 bits per heavy atom. The summed E-state index contributed by atoms with van der Waals surface area (Å²) in [6, 6.07) is 7.09. The van der Waals surface area contributed by atoms with Gasteiger partial charge in [-0.3, -0.25) is 9.59 Å². The summed E-state index contributed by atoms with van der Waals surface area (Å²) in [5.41, 5.74) is 1.46. The van der Waals surface area contributed by atoms with Crippen LogP contribution < -0.4 is 5.32 Å². The number of likely N-dealkylation sites (tertiary alicyclic amines) is 1. The third-order valence-corrected chi connectivity index (χ3v) is 3.78. The highest BCUT2D eigenvalue weighted by Crippen LogP contribution is 2.25. The van der Waals surface area contributed by atoms with Gasteiger partial charge in [0.05, 0.1) is 5.92 Å². The van der Waals surface area contributed by atoms with Crippen LogP contribution in [0.1, 0.15) is 6.42 Å². The van der Waals surface area contributed by atoms with Crippen molar-refractivity contribution in [2.75, 3.05) is 18.4 Å². The summed E-state index contributed by atoms with van der Waals surface area (Å²) in [5, 5.41) is 3.56. The fourth-order valence-corrected chi connectivity index (χ4v) is 2.69. The molecule has 2 aromatic rings. The number of fused-ring (bicyclic) bond motifs is 1. The molecule has 1 aromatic heterocycles. The first kappa shape index (κ1) is 15.4. The summed E-state index contributed by atoms with van der Waals surface area (Å²) in [7, 11) is 0. The number of H-pyrrole nitrogens is 1. The molecule has 1 aliphatic rings. The summed E-state index contributed by atoms with van der Waals surface area (Å²) < 4.78 is 37.1. The Kier molecular flexibility index (Phi) is 3.75. The fraction of sp³-hybridized carbons (Fsp3) is 0.333. The maximum atomic E-state index is 12.4. The van der Waals surface area contributed by atoms with Crippen LogP contribution in [0.25, 0.3) is 10.9 Å². The maximum absolute atomic E-state index is 12.4. The van der Waals surface area contributed by atoms with Gasteiger partial charge in [-0.1, -0.05) is 0 Å². The molecule has 1 fully saturated rings. The predicted molar refractivity (Wildman–Crippen MR) is 77.7 cm³/mol. The van der Waals surface area contributed by atoms with E-state index in [1.54, 1.807) is 24.4 Å².